The molecule has 0 radical (unpaired) electrons. The first-order valence-corrected chi connectivity index (χ1v) is 14.5. The number of fused-ring (bicyclic) bond motifs is 3. The molecule has 0 fully saturated rings. The van der Waals surface area contributed by atoms with Gasteiger partial charge < -0.3 is 4.18 Å². The van der Waals surface area contributed by atoms with E-state index in [1.165, 1.54) is 0 Å². The molecule has 0 spiro atoms. The van der Waals surface area contributed by atoms with E-state index in [-0.39, 0.29) is 17.1 Å². The summed E-state index contributed by atoms with van der Waals surface area (Å²) in [4.78, 5) is 14.2. The fourth-order valence-electron chi connectivity index (χ4n) is 5.02. The van der Waals surface area contributed by atoms with Crippen LogP contribution in [0.2, 0.25) is 0 Å². The topological polar surface area (TPSA) is 47.9 Å². The van der Waals surface area contributed by atoms with Crippen molar-refractivity contribution in [1.82, 2.24) is 15.0 Å². The van der Waals surface area contributed by atoms with Crippen molar-refractivity contribution in [3.8, 4) is 28.5 Å². The first-order valence-electron chi connectivity index (χ1n) is 13.8. The van der Waals surface area contributed by atoms with Crippen LogP contribution in [0.5, 0.6) is 5.75 Å². The van der Waals surface area contributed by atoms with Gasteiger partial charge in [0, 0.05) is 11.1 Å². The number of halogens is 3. The average molecular weight is 608 g/mol. The molecular weight excluding hydrogens is 579 g/mol. The summed E-state index contributed by atoms with van der Waals surface area (Å²) in [5.41, 5.74) is -1.21. The molecule has 220 valence electrons. The van der Waals surface area contributed by atoms with Crippen LogP contribution in [-0.2, 0) is 0 Å². The fraction of sp³-hybridized carbons (Fsp3) is 0.0833. The molecule has 5 rings (SSSR count). The highest BCUT2D eigenvalue weighted by Gasteiger charge is 2.32. The Morgan fingerprint density at radius 2 is 1.50 bits per heavy atom. The molecule has 0 aliphatic carbocycles. The minimum absolute atomic E-state index is 0.0285. The van der Waals surface area contributed by atoms with Gasteiger partial charge >= 0.3 is 5.51 Å². The molecule has 1 heterocycles. The number of hydrogen-bond acceptors (Lipinski definition) is 5. The standard InChI is InChI=1S/C36H28F3N3OS/c1-5-14-23(15-6-2)33-40-34(24-17-10-9-11-18-24)42-35(41-33)31-21-29-26(16-7-3)25(8-4)27-19-12-13-20-28(27)30(29)22-32(31)43-44-36(37,38)39/h5-22H,1,4H2,2-3H3/b15-6-,16-7-,23-14+. The lowest BCUT2D eigenvalue weighted by Gasteiger charge is -2.17. The molecule has 4 aromatic carbocycles. The zero-order chi connectivity index (χ0) is 31.3. The third-order valence-electron chi connectivity index (χ3n) is 6.78. The van der Waals surface area contributed by atoms with Gasteiger partial charge in [0.05, 0.1) is 5.56 Å². The van der Waals surface area contributed by atoms with Gasteiger partial charge in [0.15, 0.2) is 29.5 Å². The predicted octanol–water partition coefficient (Wildman–Crippen LogP) is 10.9. The third kappa shape index (κ3) is 6.35. The second kappa shape index (κ2) is 13.1. The number of nitrogens with zero attached hydrogens (tertiary/aromatic N) is 3. The molecule has 0 N–H and O–H groups in total. The summed E-state index contributed by atoms with van der Waals surface area (Å²) < 4.78 is 45.9. The summed E-state index contributed by atoms with van der Waals surface area (Å²) in [5.74, 6) is 0.825. The molecule has 0 aliphatic rings. The van der Waals surface area contributed by atoms with E-state index in [1.807, 2.05) is 92.7 Å². The van der Waals surface area contributed by atoms with Gasteiger partial charge in [0.25, 0.3) is 0 Å². The maximum atomic E-state index is 13.5. The molecule has 5 aromatic rings. The molecule has 0 bridgehead atoms. The van der Waals surface area contributed by atoms with Crippen molar-refractivity contribution in [2.45, 2.75) is 19.4 Å². The summed E-state index contributed by atoms with van der Waals surface area (Å²) in [6, 6.07) is 20.5. The Kier molecular flexibility index (Phi) is 9.11. The van der Waals surface area contributed by atoms with Crippen molar-refractivity contribution in [1.29, 1.82) is 0 Å². The van der Waals surface area contributed by atoms with E-state index in [4.69, 9.17) is 19.1 Å². The minimum atomic E-state index is -4.64. The number of alkyl halides is 3. The lowest BCUT2D eigenvalue weighted by Crippen LogP contribution is -2.06. The first-order chi connectivity index (χ1) is 21.3. The van der Waals surface area contributed by atoms with Crippen LogP contribution < -0.4 is 4.18 Å². The smallest absolute Gasteiger partial charge is 0.416 e. The SMILES string of the molecule is C=C/C=C(\C=C/C)c1nc(-c2ccccc2)nc(-c2cc3c(/C=C\C)c(C=C)c4ccccc4c3cc2OSC(F)(F)F)n1. The van der Waals surface area contributed by atoms with E-state index in [0.717, 1.165) is 38.2 Å². The predicted molar refractivity (Wildman–Crippen MR) is 178 cm³/mol. The van der Waals surface area contributed by atoms with E-state index in [9.17, 15) is 13.2 Å². The molecule has 0 saturated carbocycles. The summed E-state index contributed by atoms with van der Waals surface area (Å²) in [6.45, 7) is 11.6. The van der Waals surface area contributed by atoms with Crippen molar-refractivity contribution in [3.63, 3.8) is 0 Å². The van der Waals surface area contributed by atoms with E-state index in [0.29, 0.717) is 17.2 Å². The van der Waals surface area contributed by atoms with Crippen molar-refractivity contribution in [2.75, 3.05) is 0 Å². The fourth-order valence-corrected chi connectivity index (χ4v) is 5.35. The maximum Gasteiger partial charge on any atom is 0.479 e. The average Bonchev–Trinajstić information content (AvgIpc) is 3.03. The van der Waals surface area contributed by atoms with Crippen molar-refractivity contribution < 1.29 is 17.4 Å². The van der Waals surface area contributed by atoms with Crippen LogP contribution in [0.4, 0.5) is 13.2 Å². The summed E-state index contributed by atoms with van der Waals surface area (Å²) in [6.07, 6.45) is 12.7. The molecule has 44 heavy (non-hydrogen) atoms. The molecule has 8 heteroatoms. The summed E-state index contributed by atoms with van der Waals surface area (Å²) in [5, 5.41) is 3.28. The number of aromatic nitrogens is 3. The van der Waals surface area contributed by atoms with Crippen LogP contribution in [0, 0.1) is 0 Å². The Hall–Kier alpha value is -4.95. The lowest BCUT2D eigenvalue weighted by atomic mass is 9.90. The largest absolute Gasteiger partial charge is 0.479 e. The number of benzene rings is 4. The normalized spacial score (nSPS) is 12.4. The zero-order valence-corrected chi connectivity index (χ0v) is 24.9. The molecule has 0 aliphatic heterocycles. The van der Waals surface area contributed by atoms with Crippen molar-refractivity contribution in [3.05, 3.63) is 127 Å². The molecule has 0 atom stereocenters. The van der Waals surface area contributed by atoms with Gasteiger partial charge in [-0.2, -0.15) is 13.2 Å². The van der Waals surface area contributed by atoms with Crippen LogP contribution in [-0.4, -0.2) is 20.5 Å². The highest BCUT2D eigenvalue weighted by molar-refractivity contribution is 7.95. The monoisotopic (exact) mass is 607 g/mol. The van der Waals surface area contributed by atoms with Crippen LogP contribution in [0.1, 0.15) is 30.8 Å². The second-order valence-corrected chi connectivity index (χ2v) is 10.4. The highest BCUT2D eigenvalue weighted by Crippen LogP contribution is 2.43. The maximum absolute atomic E-state index is 13.5. The number of hydrogen-bond donors (Lipinski definition) is 0. The highest BCUT2D eigenvalue weighted by atomic mass is 32.2. The summed E-state index contributed by atoms with van der Waals surface area (Å²) in [7, 11) is 0. The van der Waals surface area contributed by atoms with E-state index in [2.05, 4.69) is 13.2 Å². The summed E-state index contributed by atoms with van der Waals surface area (Å²) >= 11 is -0.578. The second-order valence-electron chi connectivity index (χ2n) is 9.61. The van der Waals surface area contributed by atoms with Crippen LogP contribution in [0.15, 0.2) is 110 Å². The Morgan fingerprint density at radius 3 is 2.16 bits per heavy atom. The Bertz CT molecular complexity index is 1960. The van der Waals surface area contributed by atoms with Gasteiger partial charge in [-0.05, 0) is 58.7 Å². The van der Waals surface area contributed by atoms with Gasteiger partial charge in [-0.15, -0.1) is 0 Å². The number of allylic oxidation sites excluding steroid dienone is 6. The van der Waals surface area contributed by atoms with Gasteiger partial charge in [0.2, 0.25) is 0 Å². The van der Waals surface area contributed by atoms with E-state index in [1.54, 1.807) is 30.4 Å². The molecule has 0 amide bonds. The van der Waals surface area contributed by atoms with Gasteiger partial charge in [0.1, 0.15) is 5.75 Å². The first kappa shape index (κ1) is 30.5. The lowest BCUT2D eigenvalue weighted by molar-refractivity contribution is -0.0369. The van der Waals surface area contributed by atoms with Crippen LogP contribution >= 0.6 is 12.0 Å². The quantitative estimate of drug-likeness (QED) is 0.0948. The Morgan fingerprint density at radius 1 is 0.795 bits per heavy atom. The van der Waals surface area contributed by atoms with E-state index >= 15 is 0 Å². The van der Waals surface area contributed by atoms with Crippen LogP contribution in [0.25, 0.3) is 62.0 Å². The molecule has 0 unspecified atom stereocenters. The van der Waals surface area contributed by atoms with Crippen molar-refractivity contribution in [2.24, 2.45) is 0 Å². The van der Waals surface area contributed by atoms with Crippen molar-refractivity contribution >= 4 is 51.3 Å². The third-order valence-corrected chi connectivity index (χ3v) is 7.23. The van der Waals surface area contributed by atoms with Gasteiger partial charge in [-0.1, -0.05) is 110 Å². The molecule has 1 aromatic heterocycles. The Labute approximate surface area is 258 Å². The molecule has 0 saturated heterocycles. The van der Waals surface area contributed by atoms with Gasteiger partial charge in [-0.25, -0.2) is 15.0 Å². The molecule has 4 nitrogen and oxygen atoms in total. The minimum Gasteiger partial charge on any atom is -0.416 e. The molecular formula is C36H28F3N3OS. The van der Waals surface area contributed by atoms with E-state index < -0.39 is 17.6 Å². The van der Waals surface area contributed by atoms with Gasteiger partial charge in [-0.3, -0.25) is 0 Å². The zero-order valence-electron chi connectivity index (χ0n) is 24.1. The Balaban J connectivity index is 1.91. The van der Waals surface area contributed by atoms with Crippen LogP contribution in [0.3, 0.4) is 0 Å². The number of rotatable bonds is 9.